The number of furan rings is 2. The molecule has 0 unspecified atom stereocenters. The molecule has 0 aliphatic rings. The summed E-state index contributed by atoms with van der Waals surface area (Å²) in [5, 5.41) is 8.55. The minimum atomic E-state index is 0.806. The van der Waals surface area contributed by atoms with Gasteiger partial charge in [-0.2, -0.15) is 0 Å². The van der Waals surface area contributed by atoms with Gasteiger partial charge >= 0.3 is 0 Å². The topological polar surface area (TPSA) is 32.8 Å². The summed E-state index contributed by atoms with van der Waals surface area (Å²) in [6.07, 6.45) is 0. The molecule has 2 heterocycles. The van der Waals surface area contributed by atoms with Gasteiger partial charge in [0.2, 0.25) is 0 Å². The Hall–Kier alpha value is -8.86. The van der Waals surface area contributed by atoms with Crippen LogP contribution in [0, 0.1) is 0 Å². The molecule has 13 rings (SSSR count). The molecule has 0 saturated carbocycles. The van der Waals surface area contributed by atoms with Crippen molar-refractivity contribution in [2.24, 2.45) is 0 Å². The van der Waals surface area contributed by atoms with Crippen LogP contribution in [-0.4, -0.2) is 0 Å². The second kappa shape index (κ2) is 15.4. The zero-order chi connectivity index (χ0) is 43.6. The van der Waals surface area contributed by atoms with Crippen molar-refractivity contribution in [1.82, 2.24) is 0 Å². The van der Waals surface area contributed by atoms with Crippen molar-refractivity contribution in [3.05, 3.63) is 243 Å². The van der Waals surface area contributed by atoms with E-state index in [2.05, 4.69) is 252 Å². The van der Waals surface area contributed by atoms with Gasteiger partial charge in [-0.1, -0.05) is 146 Å². The van der Waals surface area contributed by atoms with Gasteiger partial charge in [-0.3, -0.25) is 0 Å². The molecular weight excluding hydrogens is 805 g/mol. The second-order valence-corrected chi connectivity index (χ2v) is 16.9. The molecule has 2 aromatic heterocycles. The zero-order valence-electron chi connectivity index (χ0n) is 35.8. The predicted molar refractivity (Wildman–Crippen MR) is 276 cm³/mol. The maximum atomic E-state index is 7.24. The molecule has 0 N–H and O–H groups in total. The average Bonchev–Trinajstić information content (AvgIpc) is 3.94. The molecule has 310 valence electrons. The zero-order valence-corrected chi connectivity index (χ0v) is 35.8. The number of hydrogen-bond acceptors (Lipinski definition) is 4. The fourth-order valence-corrected chi connectivity index (χ4v) is 9.97. The molecule has 0 aliphatic carbocycles. The lowest BCUT2D eigenvalue weighted by molar-refractivity contribution is 0.664. The first-order valence-corrected chi connectivity index (χ1v) is 22.4. The van der Waals surface area contributed by atoms with Crippen LogP contribution in [0.4, 0.5) is 34.1 Å². The van der Waals surface area contributed by atoms with E-state index in [1.165, 1.54) is 0 Å². The summed E-state index contributed by atoms with van der Waals surface area (Å²) in [6, 6.07) is 86.0. The summed E-state index contributed by atoms with van der Waals surface area (Å²) in [5.41, 5.74) is 14.1. The minimum absolute atomic E-state index is 0.806. The molecule has 4 heteroatoms. The maximum Gasteiger partial charge on any atom is 0.147 e. The minimum Gasteiger partial charge on any atom is -0.455 e. The summed E-state index contributed by atoms with van der Waals surface area (Å²) in [4.78, 5) is 4.60. The lowest BCUT2D eigenvalue weighted by Crippen LogP contribution is -2.09. The predicted octanol–water partition coefficient (Wildman–Crippen LogP) is 18.1. The van der Waals surface area contributed by atoms with Gasteiger partial charge in [-0.15, -0.1) is 0 Å². The largest absolute Gasteiger partial charge is 0.455 e. The number of benzene rings is 11. The van der Waals surface area contributed by atoms with E-state index in [1.807, 2.05) is 0 Å². The van der Waals surface area contributed by atoms with E-state index in [0.717, 1.165) is 122 Å². The SMILES string of the molecule is c1ccc(-c2c(-c3ccccc3)c3c4cc5ccc(N(c6ccccc6)c6ccccc6)cc5cc4oc3c3c2oc2cc4cc(N(c5ccccc5)c5ccccc5)ccc4cc23)cc1. The highest BCUT2D eigenvalue weighted by molar-refractivity contribution is 6.32. The fourth-order valence-electron chi connectivity index (χ4n) is 9.97. The normalized spacial score (nSPS) is 11.6. The summed E-state index contributed by atoms with van der Waals surface area (Å²) >= 11 is 0. The lowest BCUT2D eigenvalue weighted by Gasteiger charge is -2.25. The lowest BCUT2D eigenvalue weighted by atomic mass is 9.88. The molecule has 13 aromatic rings. The third-order valence-corrected chi connectivity index (χ3v) is 12.9. The summed E-state index contributed by atoms with van der Waals surface area (Å²) in [6.45, 7) is 0. The number of anilines is 6. The van der Waals surface area contributed by atoms with Crippen LogP contribution in [-0.2, 0) is 0 Å². The number of fused-ring (bicyclic) bond motifs is 9. The van der Waals surface area contributed by atoms with Crippen LogP contribution >= 0.6 is 0 Å². The molecule has 0 fully saturated rings. The monoisotopic (exact) mass is 844 g/mol. The van der Waals surface area contributed by atoms with Crippen LogP contribution in [0.5, 0.6) is 0 Å². The first-order chi connectivity index (χ1) is 32.7. The second-order valence-electron chi connectivity index (χ2n) is 16.9. The summed E-state index contributed by atoms with van der Waals surface area (Å²) < 4.78 is 14.4. The Bertz CT molecular complexity index is 3830. The third-order valence-electron chi connectivity index (χ3n) is 12.9. The van der Waals surface area contributed by atoms with Crippen molar-refractivity contribution in [3.8, 4) is 22.3 Å². The van der Waals surface area contributed by atoms with E-state index in [-0.39, 0.29) is 0 Å². The Morgan fingerprint density at radius 1 is 0.258 bits per heavy atom. The highest BCUT2D eigenvalue weighted by Crippen LogP contribution is 2.52. The van der Waals surface area contributed by atoms with Gasteiger partial charge in [0, 0.05) is 61.4 Å². The molecule has 0 radical (unpaired) electrons. The molecule has 66 heavy (non-hydrogen) atoms. The van der Waals surface area contributed by atoms with E-state index in [4.69, 9.17) is 8.83 Å². The maximum absolute atomic E-state index is 7.24. The molecule has 0 bridgehead atoms. The molecule has 4 nitrogen and oxygen atoms in total. The molecule has 0 saturated heterocycles. The van der Waals surface area contributed by atoms with Gasteiger partial charge in [-0.25, -0.2) is 0 Å². The Balaban J connectivity index is 1.08. The van der Waals surface area contributed by atoms with Gasteiger partial charge in [0.05, 0.1) is 5.39 Å². The Labute approximate surface area is 381 Å². The first-order valence-electron chi connectivity index (χ1n) is 22.4. The first kappa shape index (κ1) is 37.7. The number of para-hydroxylation sites is 4. The Morgan fingerprint density at radius 3 is 1.05 bits per heavy atom. The number of hydrogen-bond donors (Lipinski definition) is 0. The summed E-state index contributed by atoms with van der Waals surface area (Å²) in [5.74, 6) is 0. The summed E-state index contributed by atoms with van der Waals surface area (Å²) in [7, 11) is 0. The number of nitrogens with zero attached hydrogens (tertiary/aromatic N) is 2. The molecule has 0 amide bonds. The van der Waals surface area contributed by atoms with Crippen LogP contribution in [0.3, 0.4) is 0 Å². The highest BCUT2D eigenvalue weighted by atomic mass is 16.3. The quantitative estimate of drug-likeness (QED) is 0.153. The van der Waals surface area contributed by atoms with Gasteiger partial charge in [-0.05, 0) is 130 Å². The van der Waals surface area contributed by atoms with Crippen molar-refractivity contribution in [2.45, 2.75) is 0 Å². The van der Waals surface area contributed by atoms with Crippen molar-refractivity contribution in [1.29, 1.82) is 0 Å². The molecule has 11 aromatic carbocycles. The Kier molecular flexibility index (Phi) is 8.81. The fraction of sp³-hybridized carbons (Fsp3) is 0. The highest BCUT2D eigenvalue weighted by Gasteiger charge is 2.27. The van der Waals surface area contributed by atoms with Crippen LogP contribution < -0.4 is 9.80 Å². The molecule has 0 atom stereocenters. The van der Waals surface area contributed by atoms with Gasteiger partial charge in [0.15, 0.2) is 0 Å². The van der Waals surface area contributed by atoms with Crippen molar-refractivity contribution < 1.29 is 8.83 Å². The smallest absolute Gasteiger partial charge is 0.147 e. The average molecular weight is 845 g/mol. The molecule has 0 spiro atoms. The van der Waals surface area contributed by atoms with Crippen LogP contribution in [0.1, 0.15) is 0 Å². The van der Waals surface area contributed by atoms with Crippen molar-refractivity contribution in [3.63, 3.8) is 0 Å². The van der Waals surface area contributed by atoms with Crippen LogP contribution in [0.2, 0.25) is 0 Å². The number of rotatable bonds is 8. The van der Waals surface area contributed by atoms with Gasteiger partial charge in [0.1, 0.15) is 22.3 Å². The van der Waals surface area contributed by atoms with Gasteiger partial charge in [0.25, 0.3) is 0 Å². The van der Waals surface area contributed by atoms with Crippen molar-refractivity contribution in [2.75, 3.05) is 9.80 Å². The Morgan fingerprint density at radius 2 is 0.621 bits per heavy atom. The molecular formula is C62H40N2O2. The van der Waals surface area contributed by atoms with Crippen molar-refractivity contribution >= 4 is 99.5 Å². The van der Waals surface area contributed by atoms with E-state index in [0.29, 0.717) is 0 Å². The van der Waals surface area contributed by atoms with E-state index in [1.54, 1.807) is 0 Å². The van der Waals surface area contributed by atoms with E-state index < -0.39 is 0 Å². The van der Waals surface area contributed by atoms with E-state index >= 15 is 0 Å². The van der Waals surface area contributed by atoms with Gasteiger partial charge < -0.3 is 18.6 Å². The third kappa shape index (κ3) is 6.22. The standard InChI is InChI=1S/C62H40N2O2/c1-7-19-41(20-8-1)57-58(42-21-9-2-10-22-42)61-60(54-38-44-32-34-52(36-46(44)40-56(54)65-61)64(49-27-15-5-16-28-49)50-29-17-6-18-30-50)62-59(57)53-37-43-31-33-51(35-45(43)39-55(53)66-62)63(47-23-11-3-12-24-47)48-25-13-4-14-26-48/h1-40H. The molecule has 0 aliphatic heterocycles. The van der Waals surface area contributed by atoms with Crippen LogP contribution in [0.25, 0.3) is 87.7 Å². The van der Waals surface area contributed by atoms with Crippen LogP contribution in [0.15, 0.2) is 251 Å². The van der Waals surface area contributed by atoms with E-state index in [9.17, 15) is 0 Å².